The molecule has 1 amide bonds. The molecular formula is C15H22N2O2. The van der Waals surface area contributed by atoms with Crippen LogP contribution in [0, 0.1) is 0 Å². The Bertz CT molecular complexity index is 411. The zero-order chi connectivity index (χ0) is 13.7. The number of ether oxygens (including phenoxy) is 1. The summed E-state index contributed by atoms with van der Waals surface area (Å²) in [6.07, 6.45) is 2.56. The number of amides is 1. The fraction of sp³-hybridized carbons (Fsp3) is 0.533. The number of carbonyl (C=O) groups excluding carboxylic acids is 1. The lowest BCUT2D eigenvalue weighted by atomic mass is 10.0. The summed E-state index contributed by atoms with van der Waals surface area (Å²) in [4.78, 5) is 14.1. The molecule has 1 saturated heterocycles. The third-order valence-corrected chi connectivity index (χ3v) is 3.76. The van der Waals surface area contributed by atoms with Gasteiger partial charge in [0.25, 0.3) is 0 Å². The first-order chi connectivity index (χ1) is 9.20. The molecule has 1 fully saturated rings. The third-order valence-electron chi connectivity index (χ3n) is 3.76. The largest absolute Gasteiger partial charge is 0.497 e. The molecule has 0 atom stereocenters. The van der Waals surface area contributed by atoms with Crippen molar-refractivity contribution >= 4 is 5.91 Å². The highest BCUT2D eigenvalue weighted by molar-refractivity contribution is 5.78. The van der Waals surface area contributed by atoms with Gasteiger partial charge in [0.15, 0.2) is 0 Å². The summed E-state index contributed by atoms with van der Waals surface area (Å²) in [6, 6.07) is 8.08. The Kier molecular flexibility index (Phi) is 4.80. The highest BCUT2D eigenvalue weighted by Crippen LogP contribution is 2.14. The second kappa shape index (κ2) is 6.57. The number of methoxy groups -OCH3 is 1. The highest BCUT2D eigenvalue weighted by Gasteiger charge is 2.21. The minimum atomic E-state index is 0.192. The SMILES string of the molecule is COc1ccc(CC(=O)N(C)C2CCNCC2)cc1. The number of nitrogens with one attached hydrogen (secondary N) is 1. The average Bonchev–Trinajstić information content (AvgIpc) is 2.48. The summed E-state index contributed by atoms with van der Waals surface area (Å²) in [5.74, 6) is 1.01. The van der Waals surface area contributed by atoms with Gasteiger partial charge in [-0.2, -0.15) is 0 Å². The normalized spacial score (nSPS) is 16.1. The molecule has 1 aliphatic rings. The summed E-state index contributed by atoms with van der Waals surface area (Å²) in [7, 11) is 3.56. The maximum Gasteiger partial charge on any atom is 0.226 e. The van der Waals surface area contributed by atoms with Crippen LogP contribution in [-0.4, -0.2) is 44.1 Å². The maximum atomic E-state index is 12.2. The Morgan fingerprint density at radius 3 is 2.53 bits per heavy atom. The summed E-state index contributed by atoms with van der Waals surface area (Å²) in [5.41, 5.74) is 1.03. The van der Waals surface area contributed by atoms with E-state index >= 15 is 0 Å². The van der Waals surface area contributed by atoms with Gasteiger partial charge in [0.2, 0.25) is 5.91 Å². The maximum absolute atomic E-state index is 12.2. The van der Waals surface area contributed by atoms with Crippen LogP contribution in [0.2, 0.25) is 0 Å². The molecular weight excluding hydrogens is 240 g/mol. The Morgan fingerprint density at radius 2 is 1.95 bits per heavy atom. The number of carbonyl (C=O) groups is 1. The highest BCUT2D eigenvalue weighted by atomic mass is 16.5. The van der Waals surface area contributed by atoms with Crippen LogP contribution in [-0.2, 0) is 11.2 Å². The van der Waals surface area contributed by atoms with E-state index in [9.17, 15) is 4.79 Å². The first-order valence-corrected chi connectivity index (χ1v) is 6.80. The zero-order valence-electron chi connectivity index (χ0n) is 11.7. The van der Waals surface area contributed by atoms with Crippen LogP contribution >= 0.6 is 0 Å². The standard InChI is InChI=1S/C15H22N2O2/c1-17(13-7-9-16-10-8-13)15(18)11-12-3-5-14(19-2)6-4-12/h3-6,13,16H,7-11H2,1-2H3. The average molecular weight is 262 g/mol. The first kappa shape index (κ1) is 13.9. The van der Waals surface area contributed by atoms with Crippen LogP contribution in [0.1, 0.15) is 18.4 Å². The molecule has 4 nitrogen and oxygen atoms in total. The minimum absolute atomic E-state index is 0.192. The van der Waals surface area contributed by atoms with Crippen molar-refractivity contribution in [3.8, 4) is 5.75 Å². The summed E-state index contributed by atoms with van der Waals surface area (Å²) >= 11 is 0. The first-order valence-electron chi connectivity index (χ1n) is 6.80. The third kappa shape index (κ3) is 3.70. The molecule has 0 spiro atoms. The van der Waals surface area contributed by atoms with Gasteiger partial charge in [0.05, 0.1) is 13.5 Å². The van der Waals surface area contributed by atoms with Crippen molar-refractivity contribution in [2.24, 2.45) is 0 Å². The van der Waals surface area contributed by atoms with E-state index in [0.717, 1.165) is 37.2 Å². The lowest BCUT2D eigenvalue weighted by Crippen LogP contribution is -2.44. The van der Waals surface area contributed by atoms with Crippen molar-refractivity contribution in [1.82, 2.24) is 10.2 Å². The molecule has 1 aromatic rings. The molecule has 1 N–H and O–H groups in total. The number of hydrogen-bond donors (Lipinski definition) is 1. The predicted molar refractivity (Wildman–Crippen MR) is 75.4 cm³/mol. The minimum Gasteiger partial charge on any atom is -0.497 e. The number of piperidine rings is 1. The molecule has 1 aromatic carbocycles. The van der Waals surface area contributed by atoms with Crippen LogP contribution in [0.3, 0.4) is 0 Å². The van der Waals surface area contributed by atoms with Crippen LogP contribution in [0.5, 0.6) is 5.75 Å². The van der Waals surface area contributed by atoms with Crippen molar-refractivity contribution in [3.05, 3.63) is 29.8 Å². The molecule has 19 heavy (non-hydrogen) atoms. The van der Waals surface area contributed by atoms with Gasteiger partial charge in [-0.3, -0.25) is 4.79 Å². The summed E-state index contributed by atoms with van der Waals surface area (Å²) in [6.45, 7) is 2.01. The predicted octanol–water partition coefficient (Wildman–Crippen LogP) is 1.45. The van der Waals surface area contributed by atoms with Crippen molar-refractivity contribution < 1.29 is 9.53 Å². The smallest absolute Gasteiger partial charge is 0.226 e. The van der Waals surface area contributed by atoms with Crippen molar-refractivity contribution in [1.29, 1.82) is 0 Å². The van der Waals surface area contributed by atoms with E-state index in [2.05, 4.69) is 5.32 Å². The monoisotopic (exact) mass is 262 g/mol. The van der Waals surface area contributed by atoms with Gasteiger partial charge in [0.1, 0.15) is 5.75 Å². The lowest BCUT2D eigenvalue weighted by molar-refractivity contribution is -0.131. The number of benzene rings is 1. The molecule has 0 unspecified atom stereocenters. The number of nitrogens with zero attached hydrogens (tertiary/aromatic N) is 1. The van der Waals surface area contributed by atoms with Crippen molar-refractivity contribution in [2.45, 2.75) is 25.3 Å². The molecule has 2 rings (SSSR count). The van der Waals surface area contributed by atoms with Crippen LogP contribution in [0.4, 0.5) is 0 Å². The Morgan fingerprint density at radius 1 is 1.32 bits per heavy atom. The van der Waals surface area contributed by atoms with Gasteiger partial charge < -0.3 is 15.0 Å². The van der Waals surface area contributed by atoms with Gasteiger partial charge in [-0.25, -0.2) is 0 Å². The van der Waals surface area contributed by atoms with Crippen LogP contribution in [0.25, 0.3) is 0 Å². The Labute approximate surface area is 114 Å². The number of likely N-dealkylation sites (N-methyl/N-ethyl adjacent to an activating group) is 1. The molecule has 0 aliphatic carbocycles. The van der Waals surface area contributed by atoms with Gasteiger partial charge >= 0.3 is 0 Å². The van der Waals surface area contributed by atoms with E-state index in [-0.39, 0.29) is 5.91 Å². The number of rotatable bonds is 4. The molecule has 0 saturated carbocycles. The Balaban J connectivity index is 1.91. The van der Waals surface area contributed by atoms with Gasteiger partial charge in [-0.1, -0.05) is 12.1 Å². The van der Waals surface area contributed by atoms with Gasteiger partial charge in [0, 0.05) is 13.1 Å². The van der Waals surface area contributed by atoms with E-state index < -0.39 is 0 Å². The molecule has 0 aromatic heterocycles. The van der Waals surface area contributed by atoms with Crippen LogP contribution < -0.4 is 10.1 Å². The molecule has 1 aliphatic heterocycles. The van der Waals surface area contributed by atoms with Crippen molar-refractivity contribution in [2.75, 3.05) is 27.2 Å². The summed E-state index contributed by atoms with van der Waals surface area (Å²) < 4.78 is 5.11. The van der Waals surface area contributed by atoms with Gasteiger partial charge in [-0.05, 0) is 43.6 Å². The van der Waals surface area contributed by atoms with E-state index in [1.54, 1.807) is 7.11 Å². The van der Waals surface area contributed by atoms with E-state index in [1.165, 1.54) is 0 Å². The topological polar surface area (TPSA) is 41.6 Å². The molecule has 1 heterocycles. The molecule has 104 valence electrons. The molecule has 4 heteroatoms. The second-order valence-electron chi connectivity index (χ2n) is 5.01. The molecule has 0 radical (unpaired) electrons. The van der Waals surface area contributed by atoms with E-state index in [0.29, 0.717) is 12.5 Å². The fourth-order valence-corrected chi connectivity index (χ4v) is 2.44. The lowest BCUT2D eigenvalue weighted by Gasteiger charge is -2.31. The zero-order valence-corrected chi connectivity index (χ0v) is 11.7. The van der Waals surface area contributed by atoms with Crippen molar-refractivity contribution in [3.63, 3.8) is 0 Å². The van der Waals surface area contributed by atoms with Gasteiger partial charge in [-0.15, -0.1) is 0 Å². The van der Waals surface area contributed by atoms with E-state index in [4.69, 9.17) is 4.74 Å². The van der Waals surface area contributed by atoms with E-state index in [1.807, 2.05) is 36.2 Å². The quantitative estimate of drug-likeness (QED) is 0.893. The van der Waals surface area contributed by atoms with Crippen LogP contribution in [0.15, 0.2) is 24.3 Å². The number of hydrogen-bond acceptors (Lipinski definition) is 3. The second-order valence-corrected chi connectivity index (χ2v) is 5.01. The molecule has 0 bridgehead atoms. The summed E-state index contributed by atoms with van der Waals surface area (Å²) in [5, 5.41) is 3.32. The Hall–Kier alpha value is -1.55. The fourth-order valence-electron chi connectivity index (χ4n) is 2.44.